The fraction of sp³-hybridized carbons (Fsp3) is 0.600. The van der Waals surface area contributed by atoms with E-state index in [-0.39, 0.29) is 41.8 Å². The van der Waals surface area contributed by atoms with Crippen molar-refractivity contribution in [2.45, 2.75) is 110 Å². The van der Waals surface area contributed by atoms with Gasteiger partial charge in [0.2, 0.25) is 17.7 Å². The number of hydrogen-bond acceptors (Lipinski definition) is 12. The van der Waals surface area contributed by atoms with Gasteiger partial charge >= 0.3 is 0 Å². The summed E-state index contributed by atoms with van der Waals surface area (Å²) in [5.41, 5.74) is 2.65. The van der Waals surface area contributed by atoms with Gasteiger partial charge in [0.15, 0.2) is 0 Å². The molecule has 3 aromatic rings. The zero-order chi connectivity index (χ0) is 47.9. The predicted molar refractivity (Wildman–Crippen MR) is 258 cm³/mol. The van der Waals surface area contributed by atoms with Gasteiger partial charge in [0.1, 0.15) is 35.6 Å². The molecule has 1 spiro atoms. The van der Waals surface area contributed by atoms with Crippen LogP contribution in [0.15, 0.2) is 42.7 Å². The quantitative estimate of drug-likeness (QED) is 0.118. The van der Waals surface area contributed by atoms with Crippen molar-refractivity contribution in [1.29, 1.82) is 0 Å². The van der Waals surface area contributed by atoms with E-state index in [1.54, 1.807) is 16.1 Å². The van der Waals surface area contributed by atoms with Gasteiger partial charge in [0.25, 0.3) is 5.91 Å². The highest BCUT2D eigenvalue weighted by Crippen LogP contribution is 2.35. The number of anilines is 4. The summed E-state index contributed by atoms with van der Waals surface area (Å²) >= 11 is 0. The average molecular weight is 928 g/mol. The van der Waals surface area contributed by atoms with E-state index in [0.717, 1.165) is 94.3 Å². The molecule has 0 aliphatic carbocycles. The second kappa shape index (κ2) is 21.7. The molecule has 17 heteroatoms. The van der Waals surface area contributed by atoms with E-state index in [2.05, 4.69) is 66.4 Å². The van der Waals surface area contributed by atoms with Crippen LogP contribution < -0.4 is 30.7 Å². The molecule has 3 N–H and O–H groups in total. The van der Waals surface area contributed by atoms with Gasteiger partial charge in [0, 0.05) is 88.2 Å². The first-order valence-electron chi connectivity index (χ1n) is 24.4. The second-order valence-corrected chi connectivity index (χ2v) is 19.7. The third-order valence-corrected chi connectivity index (χ3v) is 14.2. The Balaban J connectivity index is 0.00000329. The van der Waals surface area contributed by atoms with Crippen molar-refractivity contribution in [3.8, 4) is 0 Å². The van der Waals surface area contributed by atoms with Crippen LogP contribution in [0.2, 0.25) is 0 Å². The lowest BCUT2D eigenvalue weighted by atomic mass is 9.82. The standard InChI is InChI=1S/C48H65F2N11O4.C2H6/c1-47(2)12-20-58(21-13-47)28-34-25-38(50)40(26-37(34)49)60-30-44(63)55-48(31-60)14-22-59(23-15-48)42-27-41(52-32-53-42)57(4)19-6-5-17-56(3)18-7-16-51-35-8-9-36-33(24-35)29-61(46(36)65)39-10-11-43(62)54-45(39)64;1-2/h8-9,24-27,32,39,51H,5-7,10-23,28-31H2,1-4H3,(H,55,63)(H,54,62,64);1-2H3. The first kappa shape index (κ1) is 49.5. The molecule has 2 aromatic carbocycles. The molecular formula is C50H71F2N11O4. The average Bonchev–Trinajstić information content (AvgIpc) is 3.63. The Morgan fingerprint density at radius 1 is 0.821 bits per heavy atom. The number of rotatable bonds is 16. The topological polar surface area (TPSA) is 150 Å². The number of likely N-dealkylation sites (tertiary alicyclic amines) is 1. The molecule has 4 amide bonds. The Morgan fingerprint density at radius 2 is 1.55 bits per heavy atom. The summed E-state index contributed by atoms with van der Waals surface area (Å²) in [6.07, 6.45) is 8.50. The number of unbranched alkanes of at least 4 members (excludes halogenated alkanes) is 1. The minimum absolute atomic E-state index is 0.0161. The maximum atomic E-state index is 15.7. The minimum Gasteiger partial charge on any atom is -0.385 e. The lowest BCUT2D eigenvalue weighted by molar-refractivity contribution is -0.137. The van der Waals surface area contributed by atoms with E-state index in [4.69, 9.17) is 0 Å². The zero-order valence-corrected chi connectivity index (χ0v) is 40.4. The molecule has 4 fully saturated rings. The van der Waals surface area contributed by atoms with Crippen molar-refractivity contribution in [2.24, 2.45) is 5.41 Å². The summed E-state index contributed by atoms with van der Waals surface area (Å²) in [6.45, 7) is 16.2. The van der Waals surface area contributed by atoms with Crippen molar-refractivity contribution in [3.05, 3.63) is 71.1 Å². The number of carbonyl (C=O) groups excluding carboxylic acids is 4. The summed E-state index contributed by atoms with van der Waals surface area (Å²) in [4.78, 5) is 71.4. The number of amides is 4. The first-order valence-corrected chi connectivity index (χ1v) is 24.4. The second-order valence-electron chi connectivity index (χ2n) is 19.7. The third-order valence-electron chi connectivity index (χ3n) is 14.2. The largest absolute Gasteiger partial charge is 0.385 e. The molecule has 0 bridgehead atoms. The smallest absolute Gasteiger partial charge is 0.255 e. The van der Waals surface area contributed by atoms with E-state index >= 15 is 8.78 Å². The van der Waals surface area contributed by atoms with Crippen LogP contribution in [0.5, 0.6) is 0 Å². The first-order chi connectivity index (χ1) is 32.1. The Morgan fingerprint density at radius 3 is 2.30 bits per heavy atom. The van der Waals surface area contributed by atoms with Gasteiger partial charge in [-0.2, -0.15) is 0 Å². The SMILES string of the molecule is CC.CN(CCCCN(C)c1cc(N2CCC3(CC2)CN(c2cc(F)c(CN4CCC(C)(C)CC4)cc2F)CC(=O)N3)ncn1)CCCNc1ccc2c(c1)CN(C1CCC(=O)NC1=O)C2=O. The molecule has 0 saturated carbocycles. The van der Waals surface area contributed by atoms with Crippen LogP contribution in [0.3, 0.4) is 0 Å². The summed E-state index contributed by atoms with van der Waals surface area (Å²) in [6, 6.07) is 9.71. The molecule has 1 aromatic heterocycles. The van der Waals surface area contributed by atoms with E-state index in [0.29, 0.717) is 63.1 Å². The molecule has 1 unspecified atom stereocenters. The van der Waals surface area contributed by atoms with Gasteiger partial charge in [-0.15, -0.1) is 0 Å². The molecule has 6 heterocycles. The Bertz CT molecular complexity index is 2240. The Labute approximate surface area is 395 Å². The number of aromatic nitrogens is 2. The van der Waals surface area contributed by atoms with Crippen LogP contribution in [0.25, 0.3) is 0 Å². The minimum atomic E-state index is -0.618. The summed E-state index contributed by atoms with van der Waals surface area (Å²) in [5.74, 6) is -0.306. The normalized spacial score (nSPS) is 20.4. The summed E-state index contributed by atoms with van der Waals surface area (Å²) < 4.78 is 31.2. The van der Waals surface area contributed by atoms with Crippen LogP contribution in [0, 0.1) is 17.0 Å². The highest BCUT2D eigenvalue weighted by molar-refractivity contribution is 6.05. The predicted octanol–water partition coefficient (Wildman–Crippen LogP) is 5.79. The van der Waals surface area contributed by atoms with Gasteiger partial charge < -0.3 is 35.1 Å². The molecule has 67 heavy (non-hydrogen) atoms. The lowest BCUT2D eigenvalue weighted by Gasteiger charge is -2.48. The molecule has 8 rings (SSSR count). The number of benzene rings is 2. The number of carbonyl (C=O) groups is 4. The number of piperidine rings is 3. The number of fused-ring (bicyclic) bond motifs is 1. The summed E-state index contributed by atoms with van der Waals surface area (Å²) in [7, 11) is 4.18. The molecule has 0 radical (unpaired) electrons. The Hall–Kier alpha value is -5.42. The molecule has 364 valence electrons. The zero-order valence-electron chi connectivity index (χ0n) is 40.4. The molecule has 5 aliphatic heterocycles. The van der Waals surface area contributed by atoms with Crippen molar-refractivity contribution in [2.75, 3.05) is 99.6 Å². The maximum Gasteiger partial charge on any atom is 0.255 e. The van der Waals surface area contributed by atoms with Crippen molar-refractivity contribution < 1.29 is 28.0 Å². The van der Waals surface area contributed by atoms with Crippen LogP contribution >= 0.6 is 0 Å². The fourth-order valence-electron chi connectivity index (χ4n) is 10.0. The number of piperazine rings is 1. The molecule has 5 aliphatic rings. The molecule has 15 nitrogen and oxygen atoms in total. The fourth-order valence-corrected chi connectivity index (χ4v) is 10.0. The number of halogens is 2. The monoisotopic (exact) mass is 928 g/mol. The third kappa shape index (κ3) is 12.2. The number of nitrogens with one attached hydrogen (secondary N) is 3. The van der Waals surface area contributed by atoms with Crippen molar-refractivity contribution in [1.82, 2.24) is 35.3 Å². The van der Waals surface area contributed by atoms with Crippen LogP contribution in [-0.4, -0.2) is 139 Å². The Kier molecular flexibility index (Phi) is 16.0. The highest BCUT2D eigenvalue weighted by atomic mass is 19.1. The van der Waals surface area contributed by atoms with Gasteiger partial charge in [0.05, 0.1) is 17.8 Å². The van der Waals surface area contributed by atoms with Crippen molar-refractivity contribution >= 4 is 46.6 Å². The van der Waals surface area contributed by atoms with Crippen molar-refractivity contribution in [3.63, 3.8) is 0 Å². The lowest BCUT2D eigenvalue weighted by Crippen LogP contribution is -2.66. The van der Waals surface area contributed by atoms with E-state index in [1.165, 1.54) is 12.1 Å². The van der Waals surface area contributed by atoms with Crippen LogP contribution in [0.1, 0.15) is 107 Å². The maximum absolute atomic E-state index is 15.7. The highest BCUT2D eigenvalue weighted by Gasteiger charge is 2.43. The van der Waals surface area contributed by atoms with Gasteiger partial charge in [-0.1, -0.05) is 27.7 Å². The van der Waals surface area contributed by atoms with Gasteiger partial charge in [-0.05, 0) is 120 Å². The number of imide groups is 1. The molecule has 1 atom stereocenters. The van der Waals surface area contributed by atoms with Gasteiger partial charge in [-0.25, -0.2) is 18.7 Å². The number of hydrogen-bond donors (Lipinski definition) is 3. The van der Waals surface area contributed by atoms with E-state index in [9.17, 15) is 19.2 Å². The van der Waals surface area contributed by atoms with Gasteiger partial charge in [-0.3, -0.25) is 29.4 Å². The van der Waals surface area contributed by atoms with E-state index < -0.39 is 29.1 Å². The molecule has 4 saturated heterocycles. The van der Waals surface area contributed by atoms with Crippen LogP contribution in [-0.2, 0) is 27.5 Å². The summed E-state index contributed by atoms with van der Waals surface area (Å²) in [5, 5.41) is 9.04. The number of nitrogens with zero attached hydrogens (tertiary/aromatic N) is 8. The van der Waals surface area contributed by atoms with Crippen LogP contribution in [0.4, 0.5) is 31.8 Å². The van der Waals surface area contributed by atoms with E-state index in [1.807, 2.05) is 45.2 Å². The molecular weight excluding hydrogens is 857 g/mol.